The molecule has 0 aliphatic rings. The van der Waals surface area contributed by atoms with Crippen LogP contribution in [0.2, 0.25) is 5.02 Å². The summed E-state index contributed by atoms with van der Waals surface area (Å²) in [5.74, 6) is -1.62. The van der Waals surface area contributed by atoms with Crippen molar-refractivity contribution in [1.29, 1.82) is 0 Å². The summed E-state index contributed by atoms with van der Waals surface area (Å²) in [6.45, 7) is 0. The van der Waals surface area contributed by atoms with Crippen molar-refractivity contribution in [2.45, 2.75) is 0 Å². The molecular formula is C7H3BrClFO2. The predicted molar refractivity (Wildman–Crippen MR) is 46.2 cm³/mol. The number of hydrogen-bond donors (Lipinski definition) is 1. The molecule has 1 rings (SSSR count). The van der Waals surface area contributed by atoms with Crippen LogP contribution in [0.4, 0.5) is 4.39 Å². The fourth-order valence-corrected chi connectivity index (χ4v) is 1.47. The lowest BCUT2D eigenvalue weighted by molar-refractivity contribution is 0.111. The third-order valence-electron chi connectivity index (χ3n) is 1.30. The molecule has 0 aliphatic carbocycles. The van der Waals surface area contributed by atoms with Gasteiger partial charge in [-0.05, 0) is 22.0 Å². The Balaban J connectivity index is 3.51. The average molecular weight is 253 g/mol. The summed E-state index contributed by atoms with van der Waals surface area (Å²) in [6.07, 6.45) is 0.254. The number of phenols is 1. The van der Waals surface area contributed by atoms with Crippen molar-refractivity contribution in [3.05, 3.63) is 26.9 Å². The molecule has 2 nitrogen and oxygen atoms in total. The van der Waals surface area contributed by atoms with Gasteiger partial charge in [-0.25, -0.2) is 4.39 Å². The summed E-state index contributed by atoms with van der Waals surface area (Å²) in [5, 5.41) is 8.97. The minimum Gasteiger partial charge on any atom is -0.504 e. The summed E-state index contributed by atoms with van der Waals surface area (Å²) in [7, 11) is 0. The van der Waals surface area contributed by atoms with Crippen LogP contribution >= 0.6 is 27.5 Å². The van der Waals surface area contributed by atoms with Crippen LogP contribution in [0.15, 0.2) is 10.5 Å². The molecule has 0 heterocycles. The summed E-state index contributed by atoms with van der Waals surface area (Å²) in [4.78, 5) is 10.3. The Morgan fingerprint density at radius 1 is 1.67 bits per heavy atom. The molecule has 0 spiro atoms. The SMILES string of the molecule is O=Cc1c(Cl)cc(Br)c(O)c1F. The predicted octanol–water partition coefficient (Wildman–Crippen LogP) is 2.76. The highest BCUT2D eigenvalue weighted by Crippen LogP contribution is 2.33. The number of phenolic OH excluding ortho intramolecular Hbond substituents is 1. The lowest BCUT2D eigenvalue weighted by Gasteiger charge is -2.02. The third-order valence-corrected chi connectivity index (χ3v) is 2.22. The van der Waals surface area contributed by atoms with Crippen LogP contribution < -0.4 is 0 Å². The second-order valence-corrected chi connectivity index (χ2v) is 3.30. The van der Waals surface area contributed by atoms with Gasteiger partial charge in [0.05, 0.1) is 15.1 Å². The molecule has 1 N–H and O–H groups in total. The zero-order valence-corrected chi connectivity index (χ0v) is 7.99. The highest BCUT2D eigenvalue weighted by atomic mass is 79.9. The van der Waals surface area contributed by atoms with Crippen LogP contribution in [0.1, 0.15) is 10.4 Å². The van der Waals surface area contributed by atoms with Crippen molar-refractivity contribution in [2.75, 3.05) is 0 Å². The molecule has 0 saturated heterocycles. The minimum atomic E-state index is -1.01. The Hall–Kier alpha value is -0.610. The first-order chi connectivity index (χ1) is 5.57. The highest BCUT2D eigenvalue weighted by Gasteiger charge is 2.14. The van der Waals surface area contributed by atoms with E-state index in [1.54, 1.807) is 0 Å². The van der Waals surface area contributed by atoms with Crippen molar-refractivity contribution in [2.24, 2.45) is 0 Å². The first-order valence-electron chi connectivity index (χ1n) is 2.89. The largest absolute Gasteiger partial charge is 0.504 e. The smallest absolute Gasteiger partial charge is 0.177 e. The molecule has 1 aromatic carbocycles. The highest BCUT2D eigenvalue weighted by molar-refractivity contribution is 9.10. The van der Waals surface area contributed by atoms with E-state index in [4.69, 9.17) is 16.7 Å². The first-order valence-corrected chi connectivity index (χ1v) is 4.06. The fourth-order valence-electron chi connectivity index (χ4n) is 0.703. The molecule has 0 unspecified atom stereocenters. The molecule has 0 atom stereocenters. The van der Waals surface area contributed by atoms with Gasteiger partial charge < -0.3 is 5.11 Å². The summed E-state index contributed by atoms with van der Waals surface area (Å²) < 4.78 is 13.0. The van der Waals surface area contributed by atoms with E-state index in [9.17, 15) is 9.18 Å². The fraction of sp³-hybridized carbons (Fsp3) is 0. The normalized spacial score (nSPS) is 9.92. The van der Waals surface area contributed by atoms with Crippen LogP contribution in [0, 0.1) is 5.82 Å². The lowest BCUT2D eigenvalue weighted by atomic mass is 10.2. The van der Waals surface area contributed by atoms with E-state index in [0.717, 1.165) is 0 Å². The first kappa shape index (κ1) is 9.48. The Labute approximate surface area is 81.1 Å². The lowest BCUT2D eigenvalue weighted by Crippen LogP contribution is -1.90. The Kier molecular flexibility index (Phi) is 2.69. The Bertz CT molecular complexity index is 341. The molecule has 5 heteroatoms. The molecule has 0 radical (unpaired) electrons. The maximum Gasteiger partial charge on any atom is 0.177 e. The van der Waals surface area contributed by atoms with E-state index in [-0.39, 0.29) is 21.3 Å². The van der Waals surface area contributed by atoms with Gasteiger partial charge in [-0.15, -0.1) is 0 Å². The van der Waals surface area contributed by atoms with Crippen LogP contribution in [0.25, 0.3) is 0 Å². The number of aromatic hydroxyl groups is 1. The summed E-state index contributed by atoms with van der Waals surface area (Å²) in [6, 6.07) is 1.25. The monoisotopic (exact) mass is 252 g/mol. The third kappa shape index (κ3) is 1.44. The van der Waals surface area contributed by atoms with Gasteiger partial charge in [0.25, 0.3) is 0 Å². The molecule has 12 heavy (non-hydrogen) atoms. The van der Waals surface area contributed by atoms with E-state index in [1.165, 1.54) is 6.07 Å². The van der Waals surface area contributed by atoms with Crippen molar-refractivity contribution >= 4 is 33.8 Å². The zero-order valence-electron chi connectivity index (χ0n) is 5.64. The number of carbonyl (C=O) groups is 1. The van der Waals surface area contributed by atoms with Gasteiger partial charge in [-0.3, -0.25) is 4.79 Å². The van der Waals surface area contributed by atoms with Gasteiger partial charge >= 0.3 is 0 Å². The zero-order chi connectivity index (χ0) is 9.30. The van der Waals surface area contributed by atoms with E-state index in [0.29, 0.717) is 0 Å². The molecule has 1 aromatic rings. The molecular weight excluding hydrogens is 250 g/mol. The number of aldehydes is 1. The van der Waals surface area contributed by atoms with Crippen molar-refractivity contribution in [3.63, 3.8) is 0 Å². The Morgan fingerprint density at radius 3 is 2.75 bits per heavy atom. The van der Waals surface area contributed by atoms with E-state index < -0.39 is 11.6 Å². The minimum absolute atomic E-state index is 0.0350. The van der Waals surface area contributed by atoms with Gasteiger partial charge in [-0.2, -0.15) is 0 Å². The second kappa shape index (κ2) is 3.41. The standard InChI is InChI=1S/C7H3BrClFO2/c8-4-1-5(9)3(2-11)6(10)7(4)12/h1-2,12H. The molecule has 0 aliphatic heterocycles. The quantitative estimate of drug-likeness (QED) is 0.781. The molecule has 0 fully saturated rings. The van der Waals surface area contributed by atoms with Crippen LogP contribution in [-0.4, -0.2) is 11.4 Å². The van der Waals surface area contributed by atoms with E-state index >= 15 is 0 Å². The van der Waals surface area contributed by atoms with Gasteiger partial charge in [0.1, 0.15) is 0 Å². The maximum absolute atomic E-state index is 12.9. The summed E-state index contributed by atoms with van der Waals surface area (Å²) >= 11 is 8.36. The second-order valence-electron chi connectivity index (χ2n) is 2.03. The van der Waals surface area contributed by atoms with E-state index in [2.05, 4.69) is 15.9 Å². The number of benzene rings is 1. The average Bonchev–Trinajstić information content (AvgIpc) is 2.01. The van der Waals surface area contributed by atoms with Crippen molar-refractivity contribution < 1.29 is 14.3 Å². The van der Waals surface area contributed by atoms with Crippen LogP contribution in [0.5, 0.6) is 5.75 Å². The van der Waals surface area contributed by atoms with Gasteiger partial charge in [0.2, 0.25) is 0 Å². The summed E-state index contributed by atoms with van der Waals surface area (Å²) in [5.41, 5.74) is -0.336. The molecule has 0 bridgehead atoms. The van der Waals surface area contributed by atoms with Crippen molar-refractivity contribution in [3.8, 4) is 5.75 Å². The van der Waals surface area contributed by atoms with Crippen LogP contribution in [-0.2, 0) is 0 Å². The molecule has 64 valence electrons. The van der Waals surface area contributed by atoms with Gasteiger partial charge in [0.15, 0.2) is 17.9 Å². The molecule has 0 amide bonds. The molecule has 0 aromatic heterocycles. The Morgan fingerprint density at radius 2 is 2.25 bits per heavy atom. The number of halogens is 3. The van der Waals surface area contributed by atoms with Gasteiger partial charge in [0, 0.05) is 0 Å². The van der Waals surface area contributed by atoms with Gasteiger partial charge in [-0.1, -0.05) is 11.6 Å². The number of hydrogen-bond acceptors (Lipinski definition) is 2. The van der Waals surface area contributed by atoms with E-state index in [1.807, 2.05) is 0 Å². The molecule has 0 saturated carbocycles. The topological polar surface area (TPSA) is 37.3 Å². The maximum atomic E-state index is 12.9. The van der Waals surface area contributed by atoms with Crippen LogP contribution in [0.3, 0.4) is 0 Å². The number of rotatable bonds is 1. The van der Waals surface area contributed by atoms with Crippen molar-refractivity contribution in [1.82, 2.24) is 0 Å². The number of carbonyl (C=O) groups excluding carboxylic acids is 1.